The van der Waals surface area contributed by atoms with Gasteiger partial charge in [0.15, 0.2) is 0 Å². The number of benzene rings is 2. The number of amides is 2. The molecule has 178 valence electrons. The molecule has 1 N–H and O–H groups in total. The van der Waals surface area contributed by atoms with Gasteiger partial charge < -0.3 is 10.2 Å². The van der Waals surface area contributed by atoms with Gasteiger partial charge in [0.25, 0.3) is 0 Å². The molecular weight excluding hydrogens is 408 g/mol. The van der Waals surface area contributed by atoms with Gasteiger partial charge in [-0.1, -0.05) is 67.8 Å². The summed E-state index contributed by atoms with van der Waals surface area (Å²) in [5.41, 5.74) is 2.49. The van der Waals surface area contributed by atoms with Crippen LogP contribution in [0, 0.1) is 0 Å². The molecule has 1 aliphatic heterocycles. The second-order valence-corrected chi connectivity index (χ2v) is 9.61. The van der Waals surface area contributed by atoms with Crippen molar-refractivity contribution in [1.82, 2.24) is 15.1 Å². The quantitative estimate of drug-likeness (QED) is 0.631. The van der Waals surface area contributed by atoms with Crippen LogP contribution in [0.2, 0.25) is 0 Å². The first kappa shape index (κ1) is 23.8. The van der Waals surface area contributed by atoms with Crippen molar-refractivity contribution in [3.05, 3.63) is 66.2 Å². The van der Waals surface area contributed by atoms with E-state index in [-0.39, 0.29) is 11.6 Å². The van der Waals surface area contributed by atoms with E-state index >= 15 is 0 Å². The lowest BCUT2D eigenvalue weighted by molar-refractivity contribution is 0.0130. The monoisotopic (exact) mass is 448 g/mol. The molecule has 1 heterocycles. The number of para-hydroxylation sites is 1. The fraction of sp³-hybridized carbons (Fsp3) is 0.536. The zero-order valence-corrected chi connectivity index (χ0v) is 20.2. The second-order valence-electron chi connectivity index (χ2n) is 9.61. The number of hydrogen-bond donors (Lipinski definition) is 1. The molecule has 2 aromatic carbocycles. The number of carbonyl (C=O) groups is 1. The predicted molar refractivity (Wildman–Crippen MR) is 137 cm³/mol. The Balaban J connectivity index is 1.44. The van der Waals surface area contributed by atoms with Crippen molar-refractivity contribution in [3.63, 3.8) is 0 Å². The molecule has 4 rings (SSSR count). The highest BCUT2D eigenvalue weighted by Crippen LogP contribution is 2.36. The molecule has 1 saturated heterocycles. The van der Waals surface area contributed by atoms with E-state index in [2.05, 4.69) is 57.6 Å². The van der Waals surface area contributed by atoms with Gasteiger partial charge in [0.2, 0.25) is 0 Å². The summed E-state index contributed by atoms with van der Waals surface area (Å²) in [6.45, 7) is 8.94. The van der Waals surface area contributed by atoms with Crippen LogP contribution in [0.1, 0.15) is 44.6 Å². The van der Waals surface area contributed by atoms with Crippen LogP contribution in [-0.2, 0) is 6.42 Å². The molecule has 5 heteroatoms. The molecule has 1 saturated carbocycles. The molecule has 1 aliphatic carbocycles. The summed E-state index contributed by atoms with van der Waals surface area (Å²) in [4.78, 5) is 20.4. The van der Waals surface area contributed by atoms with E-state index in [1.54, 1.807) is 0 Å². The second kappa shape index (κ2) is 11.7. The van der Waals surface area contributed by atoms with Crippen LogP contribution in [0.5, 0.6) is 0 Å². The van der Waals surface area contributed by atoms with Gasteiger partial charge in [-0.05, 0) is 43.9 Å². The van der Waals surface area contributed by atoms with Crippen molar-refractivity contribution in [3.8, 4) is 0 Å². The Kier molecular flexibility index (Phi) is 8.40. The Bertz CT molecular complexity index is 843. The highest BCUT2D eigenvalue weighted by atomic mass is 16.2. The van der Waals surface area contributed by atoms with E-state index < -0.39 is 0 Å². The average Bonchev–Trinajstić information content (AvgIpc) is 2.88. The molecule has 5 nitrogen and oxygen atoms in total. The number of rotatable bonds is 8. The Morgan fingerprint density at radius 1 is 0.909 bits per heavy atom. The molecule has 2 aromatic rings. The van der Waals surface area contributed by atoms with Crippen LogP contribution in [0.3, 0.4) is 0 Å². The largest absolute Gasteiger partial charge is 0.338 e. The Morgan fingerprint density at radius 2 is 1.55 bits per heavy atom. The maximum absolute atomic E-state index is 13.1. The molecule has 33 heavy (non-hydrogen) atoms. The smallest absolute Gasteiger partial charge is 0.321 e. The third-order valence-corrected chi connectivity index (χ3v) is 7.48. The highest BCUT2D eigenvalue weighted by molar-refractivity contribution is 5.92. The molecule has 0 aromatic heterocycles. The normalized spacial score (nSPS) is 19.2. The standard InChI is InChI=1S/C28H40N4O/c1-2-29-27(33)32(26-14-8-4-9-15-26)24-28(17-10-5-11-18-28)31-22-20-30(21-23-31)19-16-25-12-6-3-7-13-25/h3-4,6-9,12-15H,2,5,10-11,16-24H2,1H3,(H,29,33). The minimum atomic E-state index is 0.0233. The van der Waals surface area contributed by atoms with Crippen molar-refractivity contribution in [2.75, 3.05) is 50.7 Å². The molecular formula is C28H40N4O. The van der Waals surface area contributed by atoms with Crippen molar-refractivity contribution in [2.45, 2.75) is 51.0 Å². The van der Waals surface area contributed by atoms with Gasteiger partial charge in [-0.2, -0.15) is 0 Å². The minimum Gasteiger partial charge on any atom is -0.338 e. The lowest BCUT2D eigenvalue weighted by Crippen LogP contribution is -2.63. The third kappa shape index (κ3) is 6.15. The SMILES string of the molecule is CCNC(=O)N(CC1(N2CCN(CCc3ccccc3)CC2)CCCCC1)c1ccccc1. The zero-order valence-electron chi connectivity index (χ0n) is 20.2. The Labute approximate surface area is 199 Å². The maximum Gasteiger partial charge on any atom is 0.321 e. The van der Waals surface area contributed by atoms with Gasteiger partial charge in [0.05, 0.1) is 0 Å². The molecule has 2 amide bonds. The van der Waals surface area contributed by atoms with Gasteiger partial charge in [0, 0.05) is 57.0 Å². The van der Waals surface area contributed by atoms with Crippen LogP contribution in [0.4, 0.5) is 10.5 Å². The van der Waals surface area contributed by atoms with Crippen molar-refractivity contribution in [2.24, 2.45) is 0 Å². The van der Waals surface area contributed by atoms with E-state index in [4.69, 9.17) is 0 Å². The minimum absolute atomic E-state index is 0.0233. The first-order chi connectivity index (χ1) is 16.2. The molecule has 2 fully saturated rings. The lowest BCUT2D eigenvalue weighted by Gasteiger charge is -2.51. The number of nitrogens with zero attached hydrogens (tertiary/aromatic N) is 3. The number of nitrogens with one attached hydrogen (secondary N) is 1. The Morgan fingerprint density at radius 3 is 2.18 bits per heavy atom. The predicted octanol–water partition coefficient (Wildman–Crippen LogP) is 4.79. The number of piperazine rings is 1. The Hall–Kier alpha value is -2.37. The van der Waals surface area contributed by atoms with E-state index in [0.717, 1.165) is 51.4 Å². The van der Waals surface area contributed by atoms with Crippen LogP contribution >= 0.6 is 0 Å². The topological polar surface area (TPSA) is 38.8 Å². The molecule has 0 unspecified atom stereocenters. The summed E-state index contributed by atoms with van der Waals surface area (Å²) in [6.07, 6.45) is 7.30. The van der Waals surface area contributed by atoms with E-state index in [1.807, 2.05) is 30.0 Å². The summed E-state index contributed by atoms with van der Waals surface area (Å²) in [5, 5.41) is 3.05. The first-order valence-corrected chi connectivity index (χ1v) is 12.8. The van der Waals surface area contributed by atoms with Gasteiger partial charge >= 0.3 is 6.03 Å². The molecule has 0 bridgehead atoms. The fourth-order valence-corrected chi connectivity index (χ4v) is 5.59. The van der Waals surface area contributed by atoms with E-state index in [9.17, 15) is 4.79 Å². The number of carbonyl (C=O) groups excluding carboxylic acids is 1. The highest BCUT2D eigenvalue weighted by Gasteiger charge is 2.41. The van der Waals surface area contributed by atoms with Crippen LogP contribution < -0.4 is 10.2 Å². The zero-order chi connectivity index (χ0) is 22.9. The molecule has 2 aliphatic rings. The van der Waals surface area contributed by atoms with Gasteiger partial charge in [-0.3, -0.25) is 9.80 Å². The maximum atomic E-state index is 13.1. The molecule has 0 atom stereocenters. The number of urea groups is 1. The van der Waals surface area contributed by atoms with Crippen molar-refractivity contribution >= 4 is 11.7 Å². The van der Waals surface area contributed by atoms with Gasteiger partial charge in [-0.25, -0.2) is 4.79 Å². The first-order valence-electron chi connectivity index (χ1n) is 12.8. The average molecular weight is 449 g/mol. The molecule has 0 radical (unpaired) electrons. The summed E-state index contributed by atoms with van der Waals surface area (Å²) in [6, 6.07) is 21.0. The van der Waals surface area contributed by atoms with Crippen LogP contribution in [-0.4, -0.2) is 67.2 Å². The summed E-state index contributed by atoms with van der Waals surface area (Å²) < 4.78 is 0. The fourth-order valence-electron chi connectivity index (χ4n) is 5.59. The molecule has 0 spiro atoms. The van der Waals surface area contributed by atoms with E-state index in [0.29, 0.717) is 6.54 Å². The summed E-state index contributed by atoms with van der Waals surface area (Å²) >= 11 is 0. The van der Waals surface area contributed by atoms with E-state index in [1.165, 1.54) is 37.7 Å². The number of anilines is 1. The van der Waals surface area contributed by atoms with Gasteiger partial charge in [-0.15, -0.1) is 0 Å². The van der Waals surface area contributed by atoms with Crippen LogP contribution in [0.15, 0.2) is 60.7 Å². The summed E-state index contributed by atoms with van der Waals surface area (Å²) in [7, 11) is 0. The summed E-state index contributed by atoms with van der Waals surface area (Å²) in [5.74, 6) is 0. The van der Waals surface area contributed by atoms with Gasteiger partial charge in [0.1, 0.15) is 0 Å². The number of hydrogen-bond acceptors (Lipinski definition) is 3. The van der Waals surface area contributed by atoms with Crippen molar-refractivity contribution in [1.29, 1.82) is 0 Å². The van der Waals surface area contributed by atoms with Crippen molar-refractivity contribution < 1.29 is 4.79 Å². The lowest BCUT2D eigenvalue weighted by atomic mass is 9.79. The van der Waals surface area contributed by atoms with Crippen LogP contribution in [0.25, 0.3) is 0 Å². The third-order valence-electron chi connectivity index (χ3n) is 7.48.